The zero-order valence-electron chi connectivity index (χ0n) is 6.89. The monoisotopic (exact) mass is 157 g/mol. The molecule has 0 aliphatic heterocycles. The standard InChI is InChI=1S/C8H15NO2/c1-7(2)6-9-8(11)4-3-5-10/h10H,1,3-6H2,2H3,(H,9,11). The summed E-state index contributed by atoms with van der Waals surface area (Å²) in [6.45, 7) is 6.10. The average Bonchev–Trinajstić information content (AvgIpc) is 1.97. The van der Waals surface area contributed by atoms with Crippen LogP contribution in [0.1, 0.15) is 19.8 Å². The molecule has 0 atom stereocenters. The zero-order chi connectivity index (χ0) is 8.69. The van der Waals surface area contributed by atoms with Gasteiger partial charge in [-0.15, -0.1) is 0 Å². The minimum Gasteiger partial charge on any atom is -0.396 e. The van der Waals surface area contributed by atoms with Crippen molar-refractivity contribution in [3.63, 3.8) is 0 Å². The first-order valence-corrected chi connectivity index (χ1v) is 3.68. The van der Waals surface area contributed by atoms with Gasteiger partial charge in [0.2, 0.25) is 5.91 Å². The lowest BCUT2D eigenvalue weighted by atomic mass is 10.3. The molecule has 0 saturated heterocycles. The van der Waals surface area contributed by atoms with E-state index in [4.69, 9.17) is 5.11 Å². The third-order valence-corrected chi connectivity index (χ3v) is 1.15. The minimum absolute atomic E-state index is 0.0259. The van der Waals surface area contributed by atoms with Crippen LogP contribution < -0.4 is 5.32 Å². The summed E-state index contributed by atoms with van der Waals surface area (Å²) in [5.41, 5.74) is 0.933. The van der Waals surface area contributed by atoms with Gasteiger partial charge in [0.05, 0.1) is 0 Å². The van der Waals surface area contributed by atoms with Crippen LogP contribution in [0, 0.1) is 0 Å². The Morgan fingerprint density at radius 1 is 1.64 bits per heavy atom. The fraction of sp³-hybridized carbons (Fsp3) is 0.625. The number of aliphatic hydroxyl groups excluding tert-OH is 1. The first kappa shape index (κ1) is 10.2. The Kier molecular flexibility index (Phi) is 5.47. The average molecular weight is 157 g/mol. The van der Waals surface area contributed by atoms with Crippen molar-refractivity contribution in [2.75, 3.05) is 13.2 Å². The van der Waals surface area contributed by atoms with E-state index in [0.29, 0.717) is 19.4 Å². The minimum atomic E-state index is -0.0259. The number of rotatable bonds is 5. The highest BCUT2D eigenvalue weighted by molar-refractivity contribution is 5.76. The van der Waals surface area contributed by atoms with Crippen LogP contribution in [0.5, 0.6) is 0 Å². The zero-order valence-corrected chi connectivity index (χ0v) is 6.89. The van der Waals surface area contributed by atoms with E-state index >= 15 is 0 Å². The van der Waals surface area contributed by atoms with Gasteiger partial charge in [0.25, 0.3) is 0 Å². The second kappa shape index (κ2) is 5.92. The van der Waals surface area contributed by atoms with Gasteiger partial charge in [0.1, 0.15) is 0 Å². The van der Waals surface area contributed by atoms with Crippen molar-refractivity contribution in [3.05, 3.63) is 12.2 Å². The van der Waals surface area contributed by atoms with E-state index in [-0.39, 0.29) is 12.5 Å². The molecule has 0 aromatic carbocycles. The van der Waals surface area contributed by atoms with Crippen LogP contribution in [0.4, 0.5) is 0 Å². The highest BCUT2D eigenvalue weighted by atomic mass is 16.3. The molecule has 11 heavy (non-hydrogen) atoms. The molecule has 3 heteroatoms. The summed E-state index contributed by atoms with van der Waals surface area (Å²) in [7, 11) is 0. The number of hydrogen-bond donors (Lipinski definition) is 2. The summed E-state index contributed by atoms with van der Waals surface area (Å²) in [6.07, 6.45) is 0.922. The van der Waals surface area contributed by atoms with Gasteiger partial charge in [-0.25, -0.2) is 0 Å². The lowest BCUT2D eigenvalue weighted by Crippen LogP contribution is -2.24. The van der Waals surface area contributed by atoms with Gasteiger partial charge in [0, 0.05) is 19.6 Å². The molecule has 0 radical (unpaired) electrons. The predicted molar refractivity (Wildman–Crippen MR) is 44.1 cm³/mol. The molecule has 0 heterocycles. The van der Waals surface area contributed by atoms with Gasteiger partial charge in [-0.1, -0.05) is 12.2 Å². The molecule has 0 saturated carbocycles. The van der Waals surface area contributed by atoms with Crippen LogP contribution in [0.15, 0.2) is 12.2 Å². The lowest BCUT2D eigenvalue weighted by molar-refractivity contribution is -0.121. The maximum Gasteiger partial charge on any atom is 0.220 e. The van der Waals surface area contributed by atoms with Gasteiger partial charge >= 0.3 is 0 Å². The van der Waals surface area contributed by atoms with E-state index < -0.39 is 0 Å². The van der Waals surface area contributed by atoms with Gasteiger partial charge in [-0.05, 0) is 13.3 Å². The molecular weight excluding hydrogens is 142 g/mol. The third kappa shape index (κ3) is 7.06. The normalized spacial score (nSPS) is 9.27. The maximum atomic E-state index is 10.8. The van der Waals surface area contributed by atoms with Gasteiger partial charge in [0.15, 0.2) is 0 Å². The Labute approximate surface area is 67.1 Å². The molecule has 64 valence electrons. The van der Waals surface area contributed by atoms with Gasteiger partial charge < -0.3 is 10.4 Å². The molecule has 3 nitrogen and oxygen atoms in total. The summed E-state index contributed by atoms with van der Waals surface area (Å²) in [5, 5.41) is 11.1. The fourth-order valence-corrected chi connectivity index (χ4v) is 0.577. The quantitative estimate of drug-likeness (QED) is 0.569. The largest absolute Gasteiger partial charge is 0.396 e. The molecule has 0 fully saturated rings. The van der Waals surface area contributed by atoms with Crippen LogP contribution in [-0.4, -0.2) is 24.2 Å². The number of carbonyl (C=O) groups is 1. The highest BCUT2D eigenvalue weighted by Crippen LogP contribution is 1.88. The molecule has 2 N–H and O–H groups in total. The Morgan fingerprint density at radius 3 is 2.73 bits per heavy atom. The first-order chi connectivity index (χ1) is 5.16. The molecule has 0 aromatic heterocycles. The van der Waals surface area contributed by atoms with E-state index in [1.54, 1.807) is 0 Å². The van der Waals surface area contributed by atoms with E-state index in [0.717, 1.165) is 5.57 Å². The van der Waals surface area contributed by atoms with Gasteiger partial charge in [-0.3, -0.25) is 4.79 Å². The molecule has 0 aromatic rings. The van der Waals surface area contributed by atoms with Crippen molar-refractivity contribution in [2.24, 2.45) is 0 Å². The second-order valence-corrected chi connectivity index (χ2v) is 2.56. The van der Waals surface area contributed by atoms with E-state index in [1.165, 1.54) is 0 Å². The predicted octanol–water partition coefficient (Wildman–Crippen LogP) is 0.451. The number of carbonyl (C=O) groups excluding carboxylic acids is 1. The Hall–Kier alpha value is -0.830. The molecule has 0 unspecified atom stereocenters. The summed E-state index contributed by atoms with van der Waals surface area (Å²) >= 11 is 0. The Bertz CT molecular complexity index is 143. The summed E-state index contributed by atoms with van der Waals surface area (Å²) in [4.78, 5) is 10.8. The molecule has 0 aliphatic rings. The number of nitrogens with one attached hydrogen (secondary N) is 1. The highest BCUT2D eigenvalue weighted by Gasteiger charge is 1.98. The van der Waals surface area contributed by atoms with Gasteiger partial charge in [-0.2, -0.15) is 0 Å². The Morgan fingerprint density at radius 2 is 2.27 bits per heavy atom. The topological polar surface area (TPSA) is 49.3 Å². The lowest BCUT2D eigenvalue weighted by Gasteiger charge is -2.02. The third-order valence-electron chi connectivity index (χ3n) is 1.15. The summed E-state index contributed by atoms with van der Waals surface area (Å²) < 4.78 is 0. The van der Waals surface area contributed by atoms with Crippen LogP contribution in [-0.2, 0) is 4.79 Å². The number of hydrogen-bond acceptors (Lipinski definition) is 2. The summed E-state index contributed by atoms with van der Waals surface area (Å²) in [5.74, 6) is -0.0259. The van der Waals surface area contributed by atoms with Crippen molar-refractivity contribution in [3.8, 4) is 0 Å². The molecule has 0 spiro atoms. The maximum absolute atomic E-state index is 10.8. The summed E-state index contributed by atoms with van der Waals surface area (Å²) in [6, 6.07) is 0. The first-order valence-electron chi connectivity index (χ1n) is 3.68. The Balaban J connectivity index is 3.30. The second-order valence-electron chi connectivity index (χ2n) is 2.56. The number of aliphatic hydroxyl groups is 1. The molecule has 1 amide bonds. The van der Waals surface area contributed by atoms with Crippen LogP contribution in [0.2, 0.25) is 0 Å². The fourth-order valence-electron chi connectivity index (χ4n) is 0.577. The van der Waals surface area contributed by atoms with Crippen molar-refractivity contribution in [1.29, 1.82) is 0 Å². The van der Waals surface area contributed by atoms with E-state index in [1.807, 2.05) is 6.92 Å². The van der Waals surface area contributed by atoms with Crippen LogP contribution >= 0.6 is 0 Å². The van der Waals surface area contributed by atoms with Crippen molar-refractivity contribution in [2.45, 2.75) is 19.8 Å². The van der Waals surface area contributed by atoms with E-state index in [2.05, 4.69) is 11.9 Å². The molecular formula is C8H15NO2. The molecule has 0 aliphatic carbocycles. The number of amides is 1. The van der Waals surface area contributed by atoms with Crippen molar-refractivity contribution < 1.29 is 9.90 Å². The molecule has 0 rings (SSSR count). The van der Waals surface area contributed by atoms with Crippen LogP contribution in [0.3, 0.4) is 0 Å². The van der Waals surface area contributed by atoms with Crippen molar-refractivity contribution in [1.82, 2.24) is 5.32 Å². The van der Waals surface area contributed by atoms with Crippen molar-refractivity contribution >= 4 is 5.91 Å². The smallest absolute Gasteiger partial charge is 0.220 e. The SMILES string of the molecule is C=C(C)CNC(=O)CCCO. The molecule has 0 bridgehead atoms. The van der Waals surface area contributed by atoms with E-state index in [9.17, 15) is 4.79 Å². The van der Waals surface area contributed by atoms with Crippen LogP contribution in [0.25, 0.3) is 0 Å².